The summed E-state index contributed by atoms with van der Waals surface area (Å²) in [5, 5.41) is 3.55. The molecule has 120 valence electrons. The summed E-state index contributed by atoms with van der Waals surface area (Å²) < 4.78 is 12.2. The number of nitrogens with one attached hydrogen (secondary N) is 1. The molecule has 0 fully saturated rings. The van der Waals surface area contributed by atoms with Crippen LogP contribution in [0.2, 0.25) is 0 Å². The predicted octanol–water partition coefficient (Wildman–Crippen LogP) is 4.08. The lowest BCUT2D eigenvalue weighted by atomic mass is 10.0. The Morgan fingerprint density at radius 3 is 2.24 bits per heavy atom. The lowest BCUT2D eigenvalue weighted by Crippen LogP contribution is -2.28. The van der Waals surface area contributed by atoms with Gasteiger partial charge in [-0.2, -0.15) is 0 Å². The van der Waals surface area contributed by atoms with Crippen LogP contribution in [0.5, 0.6) is 0 Å². The van der Waals surface area contributed by atoms with Crippen LogP contribution >= 0.6 is 0 Å². The smallest absolute Gasteiger partial charge is 0.0436 e. The summed E-state index contributed by atoms with van der Waals surface area (Å²) in [6, 6.07) is 9.03. The van der Waals surface area contributed by atoms with E-state index in [4.69, 9.17) is 0 Å². The van der Waals surface area contributed by atoms with E-state index in [2.05, 4.69) is 57.3 Å². The van der Waals surface area contributed by atoms with Crippen molar-refractivity contribution in [3.63, 3.8) is 0 Å². The molecule has 2 atom stereocenters. The average Bonchev–Trinajstić information content (AvgIpc) is 2.44. The average molecular weight is 310 g/mol. The van der Waals surface area contributed by atoms with Crippen LogP contribution in [0.4, 0.5) is 0 Å². The normalized spacial score (nSPS) is 14.3. The van der Waals surface area contributed by atoms with Gasteiger partial charge in [-0.15, -0.1) is 0 Å². The van der Waals surface area contributed by atoms with Crippen LogP contribution in [0.1, 0.15) is 57.7 Å². The molecule has 2 unspecified atom stereocenters. The Balaban J connectivity index is 2.73. The van der Waals surface area contributed by atoms with Gasteiger partial charge in [-0.05, 0) is 36.4 Å². The maximum atomic E-state index is 12.2. The van der Waals surface area contributed by atoms with E-state index in [1.165, 1.54) is 17.5 Å². The number of hydrogen-bond acceptors (Lipinski definition) is 2. The van der Waals surface area contributed by atoms with Crippen LogP contribution in [0.25, 0.3) is 0 Å². The molecule has 0 radical (unpaired) electrons. The molecule has 0 heterocycles. The minimum Gasteiger partial charge on any atom is -0.309 e. The molecule has 0 aromatic heterocycles. The van der Waals surface area contributed by atoms with Gasteiger partial charge in [-0.1, -0.05) is 58.4 Å². The van der Waals surface area contributed by atoms with E-state index in [-0.39, 0.29) is 6.04 Å². The Morgan fingerprint density at radius 2 is 1.71 bits per heavy atom. The van der Waals surface area contributed by atoms with Gasteiger partial charge in [0.25, 0.3) is 0 Å². The number of rotatable bonds is 10. The molecule has 0 aliphatic heterocycles. The number of aryl methyl sites for hydroxylation is 1. The second kappa shape index (κ2) is 10.1. The zero-order chi connectivity index (χ0) is 15.7. The fraction of sp³-hybridized carbons (Fsp3) is 0.667. The Bertz CT molecular complexity index is 414. The molecule has 0 aliphatic rings. The van der Waals surface area contributed by atoms with Gasteiger partial charge in [0.1, 0.15) is 0 Å². The predicted molar refractivity (Wildman–Crippen MR) is 94.2 cm³/mol. The van der Waals surface area contributed by atoms with Crippen molar-refractivity contribution in [2.45, 2.75) is 53.0 Å². The quantitative estimate of drug-likeness (QED) is 0.705. The summed E-state index contributed by atoms with van der Waals surface area (Å²) in [7, 11) is -0.755. The molecule has 1 aromatic carbocycles. The first kappa shape index (κ1) is 18.4. The van der Waals surface area contributed by atoms with Crippen molar-refractivity contribution >= 4 is 10.8 Å². The van der Waals surface area contributed by atoms with E-state index in [9.17, 15) is 4.21 Å². The second-order valence-corrected chi connectivity index (χ2v) is 7.71. The van der Waals surface area contributed by atoms with Gasteiger partial charge >= 0.3 is 0 Å². The third-order valence-electron chi connectivity index (χ3n) is 3.43. The van der Waals surface area contributed by atoms with Gasteiger partial charge in [0.05, 0.1) is 0 Å². The van der Waals surface area contributed by atoms with E-state index in [1.54, 1.807) is 0 Å². The Kier molecular flexibility index (Phi) is 8.86. The topological polar surface area (TPSA) is 29.1 Å². The molecule has 0 saturated heterocycles. The summed E-state index contributed by atoms with van der Waals surface area (Å²) in [5.74, 6) is 1.99. The molecular weight excluding hydrogens is 278 g/mol. The molecular formula is C18H31NOS. The largest absolute Gasteiger partial charge is 0.309 e. The highest BCUT2D eigenvalue weighted by Crippen LogP contribution is 2.17. The maximum Gasteiger partial charge on any atom is 0.0436 e. The van der Waals surface area contributed by atoms with Gasteiger partial charge in [-0.3, -0.25) is 4.21 Å². The molecule has 1 N–H and O–H groups in total. The Morgan fingerprint density at radius 1 is 1.05 bits per heavy atom. The Labute approximate surface area is 133 Å². The first-order valence-corrected chi connectivity index (χ1v) is 9.72. The highest BCUT2D eigenvalue weighted by molar-refractivity contribution is 7.85. The fourth-order valence-corrected chi connectivity index (χ4v) is 3.98. The third kappa shape index (κ3) is 7.23. The van der Waals surface area contributed by atoms with Crippen LogP contribution < -0.4 is 5.32 Å². The van der Waals surface area contributed by atoms with E-state index < -0.39 is 10.8 Å². The lowest BCUT2D eigenvalue weighted by Gasteiger charge is -2.19. The van der Waals surface area contributed by atoms with Gasteiger partial charge < -0.3 is 5.32 Å². The highest BCUT2D eigenvalue weighted by atomic mass is 32.2. The first-order valence-electron chi connectivity index (χ1n) is 8.24. The molecule has 2 nitrogen and oxygen atoms in total. The van der Waals surface area contributed by atoms with Gasteiger partial charge in [0.2, 0.25) is 0 Å². The molecule has 3 heteroatoms. The first-order chi connectivity index (χ1) is 10.1. The molecule has 21 heavy (non-hydrogen) atoms. The van der Waals surface area contributed by atoms with E-state index in [0.717, 1.165) is 25.1 Å². The molecule has 0 spiro atoms. The standard InChI is InChI=1S/C18H31NOS/c1-5-7-16-8-10-17(11-9-16)18(19-12-6-2)14-21(20)13-15(3)4/h8-11,15,18-19H,5-7,12-14H2,1-4H3. The van der Waals surface area contributed by atoms with Crippen LogP contribution in [0.3, 0.4) is 0 Å². The zero-order valence-electron chi connectivity index (χ0n) is 14.0. The second-order valence-electron chi connectivity index (χ2n) is 6.17. The minimum absolute atomic E-state index is 0.209. The summed E-state index contributed by atoms with van der Waals surface area (Å²) >= 11 is 0. The highest BCUT2D eigenvalue weighted by Gasteiger charge is 2.15. The van der Waals surface area contributed by atoms with E-state index >= 15 is 0 Å². The van der Waals surface area contributed by atoms with Crippen LogP contribution in [-0.2, 0) is 17.2 Å². The van der Waals surface area contributed by atoms with Gasteiger partial charge in [0, 0.05) is 28.3 Å². The maximum absolute atomic E-state index is 12.2. The summed E-state index contributed by atoms with van der Waals surface area (Å²) in [6.45, 7) is 9.60. The van der Waals surface area contributed by atoms with E-state index in [0.29, 0.717) is 11.7 Å². The van der Waals surface area contributed by atoms with E-state index in [1.807, 2.05) is 0 Å². The number of benzene rings is 1. The monoisotopic (exact) mass is 309 g/mol. The van der Waals surface area contributed by atoms with Crippen LogP contribution in [0.15, 0.2) is 24.3 Å². The minimum atomic E-state index is -0.755. The van der Waals surface area contributed by atoms with Gasteiger partial charge in [-0.25, -0.2) is 0 Å². The van der Waals surface area contributed by atoms with Crippen molar-refractivity contribution in [2.75, 3.05) is 18.1 Å². The van der Waals surface area contributed by atoms with Gasteiger partial charge in [0.15, 0.2) is 0 Å². The number of hydrogen-bond donors (Lipinski definition) is 1. The molecule has 1 aromatic rings. The van der Waals surface area contributed by atoms with Crippen molar-refractivity contribution in [1.82, 2.24) is 5.32 Å². The Hall–Kier alpha value is -0.670. The van der Waals surface area contributed by atoms with Crippen molar-refractivity contribution in [1.29, 1.82) is 0 Å². The molecule has 0 aliphatic carbocycles. The van der Waals surface area contributed by atoms with Crippen molar-refractivity contribution in [3.05, 3.63) is 35.4 Å². The fourth-order valence-electron chi connectivity index (χ4n) is 2.42. The molecule has 0 amide bonds. The SMILES string of the molecule is CCCNC(CS(=O)CC(C)C)c1ccc(CCC)cc1. The molecule has 0 bridgehead atoms. The third-order valence-corrected chi connectivity index (χ3v) is 5.18. The van der Waals surface area contributed by atoms with Crippen molar-refractivity contribution < 1.29 is 4.21 Å². The summed E-state index contributed by atoms with van der Waals surface area (Å²) in [5.41, 5.74) is 2.65. The van der Waals surface area contributed by atoms with Crippen molar-refractivity contribution in [2.24, 2.45) is 5.92 Å². The molecule has 1 rings (SSSR count). The van der Waals surface area contributed by atoms with Crippen LogP contribution in [0, 0.1) is 5.92 Å². The summed E-state index contributed by atoms with van der Waals surface area (Å²) in [4.78, 5) is 0. The van der Waals surface area contributed by atoms with Crippen molar-refractivity contribution in [3.8, 4) is 0 Å². The van der Waals surface area contributed by atoms with Crippen LogP contribution in [-0.4, -0.2) is 22.3 Å². The zero-order valence-corrected chi connectivity index (χ0v) is 14.8. The lowest BCUT2D eigenvalue weighted by molar-refractivity contribution is 0.567. The molecule has 0 saturated carbocycles. The summed E-state index contributed by atoms with van der Waals surface area (Å²) in [6.07, 6.45) is 3.41.